The summed E-state index contributed by atoms with van der Waals surface area (Å²) in [6.45, 7) is 6.67. The molecule has 3 rings (SSSR count). The molecule has 0 aliphatic heterocycles. The third-order valence-electron chi connectivity index (χ3n) is 5.30. The van der Waals surface area contributed by atoms with Gasteiger partial charge in [0.2, 0.25) is 5.82 Å². The number of aliphatic carboxylic acids is 1. The number of aryl methyl sites for hydroxylation is 1. The number of benzene rings is 1. The molecule has 13 nitrogen and oxygen atoms in total. The lowest BCUT2D eigenvalue weighted by molar-refractivity contribution is -0.139. The van der Waals surface area contributed by atoms with Gasteiger partial charge in [-0.3, -0.25) is 9.59 Å². The van der Waals surface area contributed by atoms with Crippen LogP contribution < -0.4 is 10.6 Å². The van der Waals surface area contributed by atoms with E-state index in [0.29, 0.717) is 21.3 Å². The minimum atomic E-state index is -1.25. The van der Waals surface area contributed by atoms with Crippen molar-refractivity contribution in [3.8, 4) is 11.5 Å². The zero-order valence-electron chi connectivity index (χ0n) is 21.5. The molecule has 0 saturated heterocycles. The number of hydrogen-bond donors (Lipinski definition) is 4. The van der Waals surface area contributed by atoms with Gasteiger partial charge < -0.3 is 25.5 Å². The second-order valence-electron chi connectivity index (χ2n) is 9.33. The number of tetrazole rings is 1. The number of alkyl carbamates (subject to hydrolysis) is 1. The van der Waals surface area contributed by atoms with Crippen molar-refractivity contribution in [3.63, 3.8) is 0 Å². The summed E-state index contributed by atoms with van der Waals surface area (Å²) in [4.78, 5) is 53.6. The van der Waals surface area contributed by atoms with E-state index in [-0.39, 0.29) is 35.8 Å². The maximum Gasteiger partial charge on any atom is 0.408 e. The van der Waals surface area contributed by atoms with Gasteiger partial charge in [-0.1, -0.05) is 28.1 Å². The minimum Gasteiger partial charge on any atom is -0.480 e. The van der Waals surface area contributed by atoms with E-state index in [1.807, 2.05) is 0 Å². The molecule has 1 unspecified atom stereocenters. The summed E-state index contributed by atoms with van der Waals surface area (Å²) in [5.74, 6) is -2.01. The summed E-state index contributed by atoms with van der Waals surface area (Å²) in [5.41, 5.74) is 0.578. The largest absolute Gasteiger partial charge is 0.480 e. The number of aromatic nitrogens is 5. The van der Waals surface area contributed by atoms with Crippen LogP contribution in [0.1, 0.15) is 59.2 Å². The Morgan fingerprint density at radius 1 is 1.24 bits per heavy atom. The molecule has 38 heavy (non-hydrogen) atoms. The average Bonchev–Trinajstić information content (AvgIpc) is 3.43. The highest BCUT2D eigenvalue weighted by Crippen LogP contribution is 2.28. The summed E-state index contributed by atoms with van der Waals surface area (Å²) in [5, 5.41) is 26.5. The molecule has 1 atom stereocenters. The third-order valence-corrected chi connectivity index (χ3v) is 5.79. The molecule has 0 radical (unpaired) electrons. The van der Waals surface area contributed by atoms with Gasteiger partial charge in [0.25, 0.3) is 5.91 Å². The van der Waals surface area contributed by atoms with Crippen molar-refractivity contribution < 1.29 is 29.0 Å². The molecular weight excluding hydrogens is 562 g/mol. The number of nitrogens with zero attached hydrogens (tertiary/aromatic N) is 4. The van der Waals surface area contributed by atoms with Crippen molar-refractivity contribution in [2.75, 3.05) is 7.05 Å². The summed E-state index contributed by atoms with van der Waals surface area (Å²) >= 11 is 3.35. The molecule has 0 spiro atoms. The highest BCUT2D eigenvalue weighted by Gasteiger charge is 2.28. The van der Waals surface area contributed by atoms with Gasteiger partial charge in [-0.15, -0.1) is 10.2 Å². The molecular formula is C24H28BrN7O6. The van der Waals surface area contributed by atoms with Crippen LogP contribution in [0.25, 0.3) is 11.5 Å². The SMILES string of the molecule is CNC(=O)c1[nH]c(-c2nnn(CCC(NC(=O)OC(C)(C)C)C(=O)O)n2)c(C)c1C(=O)c1cccc(Br)c1. The van der Waals surface area contributed by atoms with Crippen LogP contribution in [-0.2, 0) is 16.1 Å². The minimum absolute atomic E-state index is 0.00561. The Bertz CT molecular complexity index is 1370. The molecule has 0 aliphatic rings. The fourth-order valence-corrected chi connectivity index (χ4v) is 3.96. The van der Waals surface area contributed by atoms with Gasteiger partial charge in [0.15, 0.2) is 5.78 Å². The number of nitrogens with one attached hydrogen (secondary N) is 3. The van der Waals surface area contributed by atoms with E-state index in [1.54, 1.807) is 52.0 Å². The summed E-state index contributed by atoms with van der Waals surface area (Å²) in [6, 6.07) is 5.55. The molecule has 3 aromatic rings. The summed E-state index contributed by atoms with van der Waals surface area (Å²) in [7, 11) is 1.45. The van der Waals surface area contributed by atoms with E-state index in [4.69, 9.17) is 4.74 Å². The molecule has 0 saturated carbocycles. The van der Waals surface area contributed by atoms with Gasteiger partial charge in [0, 0.05) is 17.1 Å². The van der Waals surface area contributed by atoms with E-state index < -0.39 is 29.6 Å². The normalized spacial score (nSPS) is 12.1. The van der Waals surface area contributed by atoms with Crippen LogP contribution in [0.4, 0.5) is 4.79 Å². The Morgan fingerprint density at radius 3 is 2.55 bits per heavy atom. The number of aromatic amines is 1. The number of amides is 2. The highest BCUT2D eigenvalue weighted by molar-refractivity contribution is 9.10. The number of ether oxygens (including phenoxy) is 1. The lowest BCUT2D eigenvalue weighted by atomic mass is 9.99. The number of carboxylic acids is 1. The molecule has 14 heteroatoms. The molecule has 1 aromatic carbocycles. The molecule has 0 bridgehead atoms. The zero-order chi connectivity index (χ0) is 28.2. The van der Waals surface area contributed by atoms with Gasteiger partial charge in [-0.2, -0.15) is 4.80 Å². The Kier molecular flexibility index (Phi) is 8.66. The van der Waals surface area contributed by atoms with Crippen LogP contribution >= 0.6 is 15.9 Å². The first-order valence-electron chi connectivity index (χ1n) is 11.6. The first kappa shape index (κ1) is 28.5. The van der Waals surface area contributed by atoms with Crippen molar-refractivity contribution in [3.05, 3.63) is 51.1 Å². The Morgan fingerprint density at radius 2 is 1.95 bits per heavy atom. The topological polar surface area (TPSA) is 181 Å². The van der Waals surface area contributed by atoms with Gasteiger partial charge in [0.1, 0.15) is 17.3 Å². The lowest BCUT2D eigenvalue weighted by Crippen LogP contribution is -2.44. The molecule has 202 valence electrons. The van der Waals surface area contributed by atoms with Crippen molar-refractivity contribution >= 4 is 39.7 Å². The fourth-order valence-electron chi connectivity index (χ4n) is 3.56. The second-order valence-corrected chi connectivity index (χ2v) is 10.2. The zero-order valence-corrected chi connectivity index (χ0v) is 23.0. The van der Waals surface area contributed by atoms with E-state index in [2.05, 4.69) is 47.0 Å². The standard InChI is InChI=1S/C24H28BrN7O6/c1-12-16(19(33)13-7-6-8-14(25)11-13)18(21(34)26-5)28-17(12)20-29-31-32(30-20)10-9-15(22(35)36)27-23(37)38-24(2,3)4/h6-8,11,15,28H,9-10H2,1-5H3,(H,26,34)(H,27,37)(H,35,36). The number of halogens is 1. The first-order valence-corrected chi connectivity index (χ1v) is 12.4. The first-order chi connectivity index (χ1) is 17.8. The van der Waals surface area contributed by atoms with E-state index in [9.17, 15) is 24.3 Å². The van der Waals surface area contributed by atoms with Crippen molar-refractivity contribution in [1.82, 2.24) is 35.8 Å². The van der Waals surface area contributed by atoms with E-state index >= 15 is 0 Å². The Balaban J connectivity index is 1.84. The molecule has 2 heterocycles. The van der Waals surface area contributed by atoms with Gasteiger partial charge in [-0.25, -0.2) is 9.59 Å². The van der Waals surface area contributed by atoms with Crippen molar-refractivity contribution in [1.29, 1.82) is 0 Å². The highest BCUT2D eigenvalue weighted by atomic mass is 79.9. The number of H-pyrrole nitrogens is 1. The molecule has 0 aliphatic carbocycles. The monoisotopic (exact) mass is 589 g/mol. The summed E-state index contributed by atoms with van der Waals surface area (Å²) < 4.78 is 5.83. The van der Waals surface area contributed by atoms with Crippen LogP contribution in [0.15, 0.2) is 28.7 Å². The molecule has 0 fully saturated rings. The predicted octanol–water partition coefficient (Wildman–Crippen LogP) is 2.70. The van der Waals surface area contributed by atoms with Crippen molar-refractivity contribution in [2.24, 2.45) is 0 Å². The van der Waals surface area contributed by atoms with Crippen LogP contribution in [0, 0.1) is 6.92 Å². The average molecular weight is 590 g/mol. The van der Waals surface area contributed by atoms with Crippen LogP contribution in [0.3, 0.4) is 0 Å². The Labute approximate surface area is 226 Å². The van der Waals surface area contributed by atoms with Gasteiger partial charge >= 0.3 is 12.1 Å². The lowest BCUT2D eigenvalue weighted by Gasteiger charge is -2.21. The molecule has 2 aromatic heterocycles. The number of carbonyl (C=O) groups excluding carboxylic acids is 3. The van der Waals surface area contributed by atoms with Crippen molar-refractivity contribution in [2.45, 2.75) is 52.3 Å². The van der Waals surface area contributed by atoms with E-state index in [0.717, 1.165) is 4.80 Å². The molecule has 2 amide bonds. The molecule has 4 N–H and O–H groups in total. The predicted molar refractivity (Wildman–Crippen MR) is 139 cm³/mol. The Hall–Kier alpha value is -4.07. The number of carbonyl (C=O) groups is 4. The van der Waals surface area contributed by atoms with Crippen LogP contribution in [-0.4, -0.2) is 72.7 Å². The van der Waals surface area contributed by atoms with Gasteiger partial charge in [-0.05, 0) is 57.0 Å². The number of rotatable bonds is 9. The number of hydrogen-bond acceptors (Lipinski definition) is 8. The maximum absolute atomic E-state index is 13.3. The second kappa shape index (κ2) is 11.5. The quantitative estimate of drug-likeness (QED) is 0.273. The smallest absolute Gasteiger partial charge is 0.408 e. The van der Waals surface area contributed by atoms with Gasteiger partial charge in [0.05, 0.1) is 17.8 Å². The number of ketones is 1. The van der Waals surface area contributed by atoms with E-state index in [1.165, 1.54) is 7.05 Å². The summed E-state index contributed by atoms with van der Waals surface area (Å²) in [6.07, 6.45) is -0.909. The number of carboxylic acid groups (broad SMARTS) is 1. The van der Waals surface area contributed by atoms with Crippen LogP contribution in [0.2, 0.25) is 0 Å². The third kappa shape index (κ3) is 6.82. The maximum atomic E-state index is 13.3. The fraction of sp³-hybridized carbons (Fsp3) is 0.375. The van der Waals surface area contributed by atoms with Crippen LogP contribution in [0.5, 0.6) is 0 Å².